The van der Waals surface area contributed by atoms with Gasteiger partial charge in [0.1, 0.15) is 12.7 Å². The van der Waals surface area contributed by atoms with E-state index in [0.29, 0.717) is 47.9 Å². The van der Waals surface area contributed by atoms with Gasteiger partial charge in [-0.3, -0.25) is 9.69 Å². The van der Waals surface area contributed by atoms with E-state index in [2.05, 4.69) is 15.5 Å². The molecule has 172 valence electrons. The monoisotopic (exact) mass is 459 g/mol. The van der Waals surface area contributed by atoms with Gasteiger partial charge in [-0.1, -0.05) is 29.8 Å². The molecule has 0 spiro atoms. The summed E-state index contributed by atoms with van der Waals surface area (Å²) < 4.78 is 11.6. The number of anilines is 1. The summed E-state index contributed by atoms with van der Waals surface area (Å²) >= 11 is 6.17. The molecule has 0 aromatic heterocycles. The summed E-state index contributed by atoms with van der Waals surface area (Å²) in [5.74, 6) is 1.32. The van der Waals surface area contributed by atoms with Crippen LogP contribution in [0, 0.1) is 6.92 Å². The van der Waals surface area contributed by atoms with Gasteiger partial charge in [0.05, 0.1) is 17.3 Å². The highest BCUT2D eigenvalue weighted by Crippen LogP contribution is 2.31. The third kappa shape index (κ3) is 5.92. The maximum atomic E-state index is 12.4. The molecule has 32 heavy (non-hydrogen) atoms. The molecule has 0 radical (unpaired) electrons. The average molecular weight is 460 g/mol. The standard InChI is InChI=1S/C24H30ClN3O4/c1-16-6-7-18(25)19(12-16)27-24(30)14-28-10-8-17(9-11-28)26-13-20(29)23-15-31-21-4-2-3-5-22(21)32-23/h2-7,12,17,20,23,26,29H,8-11,13-15H2,1H3,(H,27,30). The lowest BCUT2D eigenvalue weighted by Gasteiger charge is -2.34. The number of carbonyl (C=O) groups excluding carboxylic acids is 1. The minimum absolute atomic E-state index is 0.0611. The molecule has 8 heteroatoms. The molecule has 1 fully saturated rings. The summed E-state index contributed by atoms with van der Waals surface area (Å²) in [4.78, 5) is 14.6. The number of piperidine rings is 1. The van der Waals surface area contributed by atoms with Crippen LogP contribution in [0.2, 0.25) is 5.02 Å². The molecule has 0 aliphatic carbocycles. The number of para-hydroxylation sites is 2. The summed E-state index contributed by atoms with van der Waals surface area (Å²) in [6.07, 6.45) is 0.771. The predicted molar refractivity (Wildman–Crippen MR) is 125 cm³/mol. The van der Waals surface area contributed by atoms with Gasteiger partial charge >= 0.3 is 0 Å². The van der Waals surface area contributed by atoms with Crippen LogP contribution in [0.25, 0.3) is 0 Å². The second-order valence-electron chi connectivity index (χ2n) is 8.47. The zero-order chi connectivity index (χ0) is 22.5. The fourth-order valence-corrected chi connectivity index (χ4v) is 4.23. The van der Waals surface area contributed by atoms with Crippen molar-refractivity contribution < 1.29 is 19.4 Å². The molecule has 2 aliphatic rings. The van der Waals surface area contributed by atoms with E-state index in [1.807, 2.05) is 43.3 Å². The summed E-state index contributed by atoms with van der Waals surface area (Å²) in [5, 5.41) is 17.4. The Balaban J connectivity index is 1.17. The third-order valence-electron chi connectivity index (χ3n) is 5.93. The Hall–Kier alpha value is -2.32. The molecule has 2 atom stereocenters. The quantitative estimate of drug-likeness (QED) is 0.590. The summed E-state index contributed by atoms with van der Waals surface area (Å²) in [6, 6.07) is 13.4. The van der Waals surface area contributed by atoms with Crippen molar-refractivity contribution in [3.05, 3.63) is 53.1 Å². The van der Waals surface area contributed by atoms with E-state index in [0.717, 1.165) is 31.5 Å². The fourth-order valence-electron chi connectivity index (χ4n) is 4.07. The summed E-state index contributed by atoms with van der Waals surface area (Å²) in [6.45, 7) is 4.71. The smallest absolute Gasteiger partial charge is 0.238 e. The van der Waals surface area contributed by atoms with Gasteiger partial charge in [0, 0.05) is 25.7 Å². The maximum Gasteiger partial charge on any atom is 0.238 e. The zero-order valence-electron chi connectivity index (χ0n) is 18.2. The van der Waals surface area contributed by atoms with E-state index in [1.165, 1.54) is 0 Å². The van der Waals surface area contributed by atoms with Crippen molar-refractivity contribution in [3.8, 4) is 11.5 Å². The Morgan fingerprint density at radius 2 is 1.97 bits per heavy atom. The first-order valence-corrected chi connectivity index (χ1v) is 11.4. The first kappa shape index (κ1) is 22.9. The van der Waals surface area contributed by atoms with E-state index in [4.69, 9.17) is 21.1 Å². The van der Waals surface area contributed by atoms with Gasteiger partial charge in [0.15, 0.2) is 17.6 Å². The number of carbonyl (C=O) groups is 1. The number of fused-ring (bicyclic) bond motifs is 1. The molecule has 2 aromatic rings. The first-order chi connectivity index (χ1) is 15.5. The molecule has 1 amide bonds. The lowest BCUT2D eigenvalue weighted by molar-refractivity contribution is -0.117. The highest BCUT2D eigenvalue weighted by atomic mass is 35.5. The van der Waals surface area contributed by atoms with Gasteiger partial charge in [-0.15, -0.1) is 0 Å². The minimum Gasteiger partial charge on any atom is -0.486 e. The number of benzene rings is 2. The minimum atomic E-state index is -0.661. The lowest BCUT2D eigenvalue weighted by Crippen LogP contribution is -2.50. The van der Waals surface area contributed by atoms with Crippen LogP contribution >= 0.6 is 11.6 Å². The number of amides is 1. The molecule has 3 N–H and O–H groups in total. The number of hydrogen-bond donors (Lipinski definition) is 3. The van der Waals surface area contributed by atoms with Crippen LogP contribution in [0.5, 0.6) is 11.5 Å². The Bertz CT molecular complexity index is 933. The van der Waals surface area contributed by atoms with Crippen LogP contribution in [0.15, 0.2) is 42.5 Å². The predicted octanol–water partition coefficient (Wildman–Crippen LogP) is 2.84. The van der Waals surface area contributed by atoms with Crippen LogP contribution in [0.1, 0.15) is 18.4 Å². The van der Waals surface area contributed by atoms with Gasteiger partial charge in [-0.25, -0.2) is 0 Å². The molecule has 2 aromatic carbocycles. The molecule has 2 heterocycles. The fraction of sp³-hybridized carbons (Fsp3) is 0.458. The number of nitrogens with one attached hydrogen (secondary N) is 2. The third-order valence-corrected chi connectivity index (χ3v) is 6.26. The molecule has 2 aliphatic heterocycles. The number of ether oxygens (including phenoxy) is 2. The van der Waals surface area contributed by atoms with Gasteiger partial charge < -0.3 is 25.2 Å². The van der Waals surface area contributed by atoms with Crippen LogP contribution in [-0.4, -0.2) is 66.9 Å². The SMILES string of the molecule is Cc1ccc(Cl)c(NC(=O)CN2CCC(NCC(O)C3COc4ccccc4O3)CC2)c1. The van der Waals surface area contributed by atoms with Crippen molar-refractivity contribution in [2.75, 3.05) is 38.1 Å². The van der Waals surface area contributed by atoms with Crippen molar-refractivity contribution in [2.45, 2.75) is 38.0 Å². The normalized spacial score (nSPS) is 20.0. The van der Waals surface area contributed by atoms with E-state index in [-0.39, 0.29) is 5.91 Å². The number of aliphatic hydroxyl groups is 1. The molecular weight excluding hydrogens is 430 g/mol. The molecule has 0 saturated carbocycles. The molecule has 7 nitrogen and oxygen atoms in total. The summed E-state index contributed by atoms with van der Waals surface area (Å²) in [7, 11) is 0. The lowest BCUT2D eigenvalue weighted by atomic mass is 10.0. The number of halogens is 1. The number of likely N-dealkylation sites (tertiary alicyclic amines) is 1. The zero-order valence-corrected chi connectivity index (χ0v) is 19.0. The van der Waals surface area contributed by atoms with Crippen molar-refractivity contribution in [3.63, 3.8) is 0 Å². The van der Waals surface area contributed by atoms with E-state index in [1.54, 1.807) is 6.07 Å². The highest BCUT2D eigenvalue weighted by molar-refractivity contribution is 6.33. The number of hydrogen-bond acceptors (Lipinski definition) is 6. The van der Waals surface area contributed by atoms with E-state index >= 15 is 0 Å². The van der Waals surface area contributed by atoms with E-state index in [9.17, 15) is 9.90 Å². The molecule has 1 saturated heterocycles. The number of aliphatic hydroxyl groups excluding tert-OH is 1. The van der Waals surface area contributed by atoms with Crippen molar-refractivity contribution in [1.29, 1.82) is 0 Å². The van der Waals surface area contributed by atoms with Gasteiger partial charge in [0.25, 0.3) is 0 Å². The van der Waals surface area contributed by atoms with Gasteiger partial charge in [-0.2, -0.15) is 0 Å². The second-order valence-corrected chi connectivity index (χ2v) is 8.88. The number of rotatable bonds is 7. The Labute approximate surface area is 193 Å². The second kappa shape index (κ2) is 10.5. The average Bonchev–Trinajstić information content (AvgIpc) is 2.80. The molecular formula is C24H30ClN3O4. The highest BCUT2D eigenvalue weighted by Gasteiger charge is 2.28. The Kier molecular flexibility index (Phi) is 7.52. The maximum absolute atomic E-state index is 12.4. The van der Waals surface area contributed by atoms with Crippen LogP contribution < -0.4 is 20.1 Å². The number of aryl methyl sites for hydroxylation is 1. The molecule has 4 rings (SSSR count). The Morgan fingerprint density at radius 1 is 1.22 bits per heavy atom. The van der Waals surface area contributed by atoms with Gasteiger partial charge in [-0.05, 0) is 49.6 Å². The van der Waals surface area contributed by atoms with Crippen molar-refractivity contribution in [1.82, 2.24) is 10.2 Å². The van der Waals surface area contributed by atoms with Crippen LogP contribution in [0.3, 0.4) is 0 Å². The largest absolute Gasteiger partial charge is 0.486 e. The van der Waals surface area contributed by atoms with Crippen molar-refractivity contribution in [2.24, 2.45) is 0 Å². The number of nitrogens with zero attached hydrogens (tertiary/aromatic N) is 1. The van der Waals surface area contributed by atoms with E-state index < -0.39 is 12.2 Å². The van der Waals surface area contributed by atoms with Crippen LogP contribution in [0.4, 0.5) is 5.69 Å². The summed E-state index contributed by atoms with van der Waals surface area (Å²) in [5.41, 5.74) is 1.70. The van der Waals surface area contributed by atoms with Crippen LogP contribution in [-0.2, 0) is 4.79 Å². The van der Waals surface area contributed by atoms with Crippen molar-refractivity contribution >= 4 is 23.2 Å². The Morgan fingerprint density at radius 3 is 2.75 bits per heavy atom. The van der Waals surface area contributed by atoms with Gasteiger partial charge in [0.2, 0.25) is 5.91 Å². The molecule has 2 unspecified atom stereocenters. The topological polar surface area (TPSA) is 83.1 Å². The first-order valence-electron chi connectivity index (χ1n) is 11.1. The molecule has 0 bridgehead atoms.